The fourth-order valence-corrected chi connectivity index (χ4v) is 7.01. The Labute approximate surface area is 239 Å². The smallest absolute Gasteiger partial charge is 0.264 e. The largest absolute Gasteiger partial charge is 0.371 e. The second-order valence-electron chi connectivity index (χ2n) is 11.0. The summed E-state index contributed by atoms with van der Waals surface area (Å²) < 4.78 is 0. The van der Waals surface area contributed by atoms with E-state index in [-0.39, 0.29) is 23.6 Å². The third kappa shape index (κ3) is 4.56. The number of nitrogens with zero attached hydrogens (tertiary/aromatic N) is 5. The van der Waals surface area contributed by atoms with E-state index in [2.05, 4.69) is 46.8 Å². The highest BCUT2D eigenvalue weighted by atomic mass is 32.1. The van der Waals surface area contributed by atoms with Gasteiger partial charge in [-0.15, -0.1) is 11.3 Å². The second kappa shape index (κ2) is 10.7. The average Bonchev–Trinajstić information content (AvgIpc) is 3.61. The van der Waals surface area contributed by atoms with Crippen LogP contribution in [-0.4, -0.2) is 71.8 Å². The van der Waals surface area contributed by atoms with Crippen molar-refractivity contribution >= 4 is 40.4 Å². The van der Waals surface area contributed by atoms with E-state index in [0.29, 0.717) is 24.2 Å². The van der Waals surface area contributed by atoms with Gasteiger partial charge in [0.05, 0.1) is 22.9 Å². The summed E-state index contributed by atoms with van der Waals surface area (Å²) in [6, 6.07) is 11.5. The highest BCUT2D eigenvalue weighted by molar-refractivity contribution is 7.09. The van der Waals surface area contributed by atoms with Gasteiger partial charge in [-0.2, -0.15) is 0 Å². The van der Waals surface area contributed by atoms with Crippen molar-refractivity contribution in [2.24, 2.45) is 5.92 Å². The number of carbonyl (C=O) groups is 3. The minimum atomic E-state index is -0.418. The van der Waals surface area contributed by atoms with E-state index in [9.17, 15) is 14.4 Å². The van der Waals surface area contributed by atoms with Gasteiger partial charge in [0.2, 0.25) is 5.91 Å². The van der Waals surface area contributed by atoms with Gasteiger partial charge in [-0.3, -0.25) is 19.3 Å². The van der Waals surface area contributed by atoms with Crippen LogP contribution in [-0.2, 0) is 4.79 Å². The molecule has 2 saturated heterocycles. The van der Waals surface area contributed by atoms with Crippen LogP contribution in [0.3, 0.4) is 0 Å². The molecule has 1 unspecified atom stereocenters. The third-order valence-electron chi connectivity index (χ3n) is 8.81. The molecule has 1 atom stereocenters. The first-order valence-corrected chi connectivity index (χ1v) is 15.0. The molecule has 0 radical (unpaired) electrons. The molecule has 8 nitrogen and oxygen atoms in total. The molecule has 208 valence electrons. The number of fused-ring (bicyclic) bond motifs is 1. The molecule has 0 spiro atoms. The number of amides is 3. The van der Waals surface area contributed by atoms with Crippen LogP contribution in [0.25, 0.3) is 0 Å². The quantitative estimate of drug-likeness (QED) is 0.424. The molecule has 0 bridgehead atoms. The summed E-state index contributed by atoms with van der Waals surface area (Å²) in [6.45, 7) is 10.7. The van der Waals surface area contributed by atoms with Gasteiger partial charge >= 0.3 is 0 Å². The summed E-state index contributed by atoms with van der Waals surface area (Å²) in [5.41, 5.74) is 5.58. The Morgan fingerprint density at radius 2 is 1.57 bits per heavy atom. The zero-order chi connectivity index (χ0) is 28.0. The number of aryl methyl sites for hydroxylation is 1. The number of rotatable bonds is 5. The highest BCUT2D eigenvalue weighted by Gasteiger charge is 2.42. The average molecular weight is 558 g/mol. The van der Waals surface area contributed by atoms with Crippen molar-refractivity contribution in [2.75, 3.05) is 49.1 Å². The monoisotopic (exact) mass is 557 g/mol. The van der Waals surface area contributed by atoms with Crippen molar-refractivity contribution in [3.63, 3.8) is 0 Å². The lowest BCUT2D eigenvalue weighted by molar-refractivity contribution is -0.136. The maximum absolute atomic E-state index is 13.5. The third-order valence-corrected chi connectivity index (χ3v) is 9.76. The van der Waals surface area contributed by atoms with Gasteiger partial charge in [-0.1, -0.05) is 18.2 Å². The topological polar surface area (TPSA) is 77.1 Å². The van der Waals surface area contributed by atoms with E-state index < -0.39 is 6.04 Å². The molecule has 0 N–H and O–H groups in total. The van der Waals surface area contributed by atoms with Crippen LogP contribution in [0.15, 0.2) is 48.0 Å². The minimum Gasteiger partial charge on any atom is -0.371 e. The van der Waals surface area contributed by atoms with Crippen molar-refractivity contribution in [3.05, 3.63) is 75.2 Å². The molecule has 3 amide bonds. The number of anilines is 2. The summed E-state index contributed by atoms with van der Waals surface area (Å²) in [5.74, 6) is -0.305. The van der Waals surface area contributed by atoms with E-state index >= 15 is 0 Å². The predicted molar refractivity (Wildman–Crippen MR) is 157 cm³/mol. The first kappa shape index (κ1) is 26.5. The normalized spacial score (nSPS) is 18.9. The molecule has 0 aliphatic carbocycles. The Morgan fingerprint density at radius 1 is 0.900 bits per heavy atom. The number of thiazole rings is 1. The number of benzene rings is 2. The first-order chi connectivity index (χ1) is 19.3. The van der Waals surface area contributed by atoms with Crippen LogP contribution in [0.1, 0.15) is 62.7 Å². The Bertz CT molecular complexity index is 1440. The Morgan fingerprint density at radius 3 is 2.27 bits per heavy atom. The standard InChI is InChI=1S/C31H35N5O3S/c1-20-6-4-8-25(21(20)2)34-15-17-35(18-16-34)29(37)23-10-13-33(14-11-23)26-9-5-7-24-27(26)31(39)36(30(24)38)22(3)28-32-12-19-40-28/h4-9,12,19,22-23H,10-11,13-18H2,1-3H3. The van der Waals surface area contributed by atoms with E-state index in [0.717, 1.165) is 49.7 Å². The lowest BCUT2D eigenvalue weighted by Crippen LogP contribution is -2.52. The van der Waals surface area contributed by atoms with Crippen molar-refractivity contribution < 1.29 is 14.4 Å². The Balaban J connectivity index is 1.09. The van der Waals surface area contributed by atoms with Gasteiger partial charge in [0.15, 0.2) is 0 Å². The number of hydrogen-bond acceptors (Lipinski definition) is 7. The number of carbonyl (C=O) groups excluding carboxylic acids is 3. The van der Waals surface area contributed by atoms with Gasteiger partial charge in [0, 0.05) is 62.5 Å². The molecule has 3 aliphatic heterocycles. The molecular weight excluding hydrogens is 522 g/mol. The maximum Gasteiger partial charge on any atom is 0.264 e. The van der Waals surface area contributed by atoms with Gasteiger partial charge < -0.3 is 14.7 Å². The molecular formula is C31H35N5O3S. The van der Waals surface area contributed by atoms with Crippen molar-refractivity contribution in [2.45, 2.75) is 39.7 Å². The fraction of sp³-hybridized carbons (Fsp3) is 0.419. The zero-order valence-electron chi connectivity index (χ0n) is 23.3. The predicted octanol–water partition coefficient (Wildman–Crippen LogP) is 4.68. The molecule has 3 aliphatic rings. The number of piperazine rings is 1. The van der Waals surface area contributed by atoms with Crippen LogP contribution in [0.2, 0.25) is 0 Å². The van der Waals surface area contributed by atoms with Gasteiger partial charge in [0.1, 0.15) is 5.01 Å². The highest BCUT2D eigenvalue weighted by Crippen LogP contribution is 2.38. The molecule has 0 saturated carbocycles. The van der Waals surface area contributed by atoms with Crippen molar-refractivity contribution in [3.8, 4) is 0 Å². The summed E-state index contributed by atoms with van der Waals surface area (Å²) in [7, 11) is 0. The van der Waals surface area contributed by atoms with Gasteiger partial charge in [-0.25, -0.2) is 4.98 Å². The lowest BCUT2D eigenvalue weighted by atomic mass is 9.93. The van der Waals surface area contributed by atoms with E-state index in [1.807, 2.05) is 29.3 Å². The zero-order valence-corrected chi connectivity index (χ0v) is 24.1. The molecule has 40 heavy (non-hydrogen) atoms. The maximum atomic E-state index is 13.5. The summed E-state index contributed by atoms with van der Waals surface area (Å²) >= 11 is 1.44. The summed E-state index contributed by atoms with van der Waals surface area (Å²) in [6.07, 6.45) is 3.17. The van der Waals surface area contributed by atoms with Crippen LogP contribution >= 0.6 is 11.3 Å². The van der Waals surface area contributed by atoms with Crippen LogP contribution in [0, 0.1) is 19.8 Å². The summed E-state index contributed by atoms with van der Waals surface area (Å²) in [5, 5.41) is 2.59. The molecule has 2 aromatic carbocycles. The molecule has 1 aromatic heterocycles. The molecule has 3 aromatic rings. The second-order valence-corrected chi connectivity index (χ2v) is 11.9. The Kier molecular flexibility index (Phi) is 7.08. The molecule has 2 fully saturated rings. The van der Waals surface area contributed by atoms with E-state index in [4.69, 9.17) is 0 Å². The number of aromatic nitrogens is 1. The van der Waals surface area contributed by atoms with Crippen molar-refractivity contribution in [1.82, 2.24) is 14.8 Å². The molecule has 4 heterocycles. The number of imide groups is 1. The minimum absolute atomic E-state index is 0.0148. The first-order valence-electron chi connectivity index (χ1n) is 14.1. The van der Waals surface area contributed by atoms with Crippen LogP contribution in [0.5, 0.6) is 0 Å². The van der Waals surface area contributed by atoms with Crippen molar-refractivity contribution in [1.29, 1.82) is 0 Å². The van der Waals surface area contributed by atoms with E-state index in [1.54, 1.807) is 12.3 Å². The van der Waals surface area contributed by atoms with Gasteiger partial charge in [0.25, 0.3) is 11.8 Å². The van der Waals surface area contributed by atoms with Crippen LogP contribution in [0.4, 0.5) is 11.4 Å². The van der Waals surface area contributed by atoms with E-state index in [1.165, 1.54) is 33.1 Å². The Hall–Kier alpha value is -3.72. The number of piperidine rings is 1. The molecule has 6 rings (SSSR count). The fourth-order valence-electron chi connectivity index (χ4n) is 6.32. The summed E-state index contributed by atoms with van der Waals surface area (Å²) in [4.78, 5) is 52.5. The lowest BCUT2D eigenvalue weighted by Gasteiger charge is -2.40. The van der Waals surface area contributed by atoms with Gasteiger partial charge in [-0.05, 0) is 62.9 Å². The molecule has 9 heteroatoms. The number of hydrogen-bond donors (Lipinski definition) is 0. The SMILES string of the molecule is Cc1cccc(N2CCN(C(=O)C3CCN(c4cccc5c4C(=O)N(C(C)c4nccs4)C5=O)CC3)CC2)c1C. The van der Waals surface area contributed by atoms with Crippen LogP contribution < -0.4 is 9.80 Å².